The summed E-state index contributed by atoms with van der Waals surface area (Å²) in [4.78, 5) is 25.2. The van der Waals surface area contributed by atoms with Crippen molar-refractivity contribution < 1.29 is 9.72 Å². The van der Waals surface area contributed by atoms with Crippen LogP contribution in [0.5, 0.6) is 0 Å². The molecule has 0 N–H and O–H groups in total. The Hall–Kier alpha value is -3.46. The summed E-state index contributed by atoms with van der Waals surface area (Å²) in [5.41, 5.74) is 1.77. The molecule has 0 aliphatic carbocycles. The van der Waals surface area contributed by atoms with Crippen LogP contribution < -0.4 is 4.90 Å². The number of benzene rings is 2. The van der Waals surface area contributed by atoms with Gasteiger partial charge in [-0.15, -0.1) is 0 Å². The lowest BCUT2D eigenvalue weighted by atomic mass is 10.0. The minimum Gasteiger partial charge on any atom is -0.372 e. The summed E-state index contributed by atoms with van der Waals surface area (Å²) in [7, 11) is 0. The highest BCUT2D eigenvalue weighted by atomic mass is 16.6. The minimum absolute atomic E-state index is 0.0544. The number of carbonyl (C=O) groups is 1. The number of hydrogen-bond donors (Lipinski definition) is 0. The van der Waals surface area contributed by atoms with E-state index >= 15 is 0 Å². The number of rotatable bonds is 5. The summed E-state index contributed by atoms with van der Waals surface area (Å²) < 4.78 is 0. The number of allylic oxidation sites excluding steroid dienone is 1. The van der Waals surface area contributed by atoms with Crippen molar-refractivity contribution in [2.24, 2.45) is 0 Å². The molecule has 27 heavy (non-hydrogen) atoms. The number of non-ortho nitro benzene ring substituents is 1. The van der Waals surface area contributed by atoms with Gasteiger partial charge in [-0.3, -0.25) is 14.9 Å². The van der Waals surface area contributed by atoms with E-state index in [4.69, 9.17) is 0 Å². The predicted octanol–water partition coefficient (Wildman–Crippen LogP) is 4.37. The van der Waals surface area contributed by atoms with Gasteiger partial charge in [-0.25, -0.2) is 0 Å². The Bertz CT molecular complexity index is 920. The van der Waals surface area contributed by atoms with Gasteiger partial charge >= 0.3 is 0 Å². The van der Waals surface area contributed by atoms with Crippen LogP contribution in [0.3, 0.4) is 0 Å². The van der Waals surface area contributed by atoms with Gasteiger partial charge in [0.05, 0.1) is 4.92 Å². The van der Waals surface area contributed by atoms with Crippen molar-refractivity contribution in [1.29, 1.82) is 5.26 Å². The van der Waals surface area contributed by atoms with E-state index in [0.717, 1.165) is 24.3 Å². The van der Waals surface area contributed by atoms with Gasteiger partial charge < -0.3 is 4.90 Å². The molecule has 0 saturated carbocycles. The zero-order chi connectivity index (χ0) is 19.2. The van der Waals surface area contributed by atoms with Gasteiger partial charge in [0.2, 0.25) is 5.78 Å². The molecule has 2 aromatic rings. The fourth-order valence-corrected chi connectivity index (χ4v) is 3.16. The van der Waals surface area contributed by atoms with Crippen molar-refractivity contribution in [3.8, 4) is 6.07 Å². The lowest BCUT2D eigenvalue weighted by Crippen LogP contribution is -2.29. The van der Waals surface area contributed by atoms with Crippen LogP contribution in [-0.4, -0.2) is 23.8 Å². The van der Waals surface area contributed by atoms with Crippen LogP contribution in [0.25, 0.3) is 6.08 Å². The number of nitro groups is 1. The molecule has 0 amide bonds. The molecule has 1 heterocycles. The zero-order valence-corrected chi connectivity index (χ0v) is 14.8. The Morgan fingerprint density at radius 3 is 2.44 bits per heavy atom. The van der Waals surface area contributed by atoms with E-state index in [1.807, 2.05) is 30.3 Å². The van der Waals surface area contributed by atoms with Gasteiger partial charge in [-0.05, 0) is 43.0 Å². The van der Waals surface area contributed by atoms with E-state index in [1.54, 1.807) is 0 Å². The highest BCUT2D eigenvalue weighted by Gasteiger charge is 2.16. The van der Waals surface area contributed by atoms with E-state index in [2.05, 4.69) is 4.90 Å². The SMILES string of the molecule is N#C/C(=C/c1ccc(N2CCCCC2)cc1)C(=O)c1cccc([N+](=O)[O-])c1. The maximum absolute atomic E-state index is 12.5. The average molecular weight is 361 g/mol. The van der Waals surface area contributed by atoms with E-state index in [9.17, 15) is 20.2 Å². The lowest BCUT2D eigenvalue weighted by Gasteiger charge is -2.28. The monoisotopic (exact) mass is 361 g/mol. The first kappa shape index (κ1) is 18.3. The topological polar surface area (TPSA) is 87.2 Å². The molecular formula is C21H19N3O3. The number of piperidine rings is 1. The summed E-state index contributed by atoms with van der Waals surface area (Å²) in [5.74, 6) is -0.527. The molecule has 136 valence electrons. The third kappa shape index (κ3) is 4.39. The minimum atomic E-state index is -0.564. The highest BCUT2D eigenvalue weighted by molar-refractivity contribution is 6.14. The van der Waals surface area contributed by atoms with Crippen molar-refractivity contribution in [1.82, 2.24) is 0 Å². The van der Waals surface area contributed by atoms with Gasteiger partial charge in [0.25, 0.3) is 5.69 Å². The van der Waals surface area contributed by atoms with Crippen molar-refractivity contribution in [2.45, 2.75) is 19.3 Å². The van der Waals surface area contributed by atoms with Crippen LogP contribution in [0.2, 0.25) is 0 Å². The Morgan fingerprint density at radius 1 is 1.11 bits per heavy atom. The molecule has 0 bridgehead atoms. The maximum Gasteiger partial charge on any atom is 0.270 e. The van der Waals surface area contributed by atoms with Gasteiger partial charge in [0, 0.05) is 36.5 Å². The van der Waals surface area contributed by atoms with Crippen LogP contribution in [0, 0.1) is 21.4 Å². The molecule has 0 spiro atoms. The zero-order valence-electron chi connectivity index (χ0n) is 14.8. The van der Waals surface area contributed by atoms with E-state index in [0.29, 0.717) is 0 Å². The summed E-state index contributed by atoms with van der Waals surface area (Å²) in [5, 5.41) is 20.3. The molecule has 6 nitrogen and oxygen atoms in total. The summed E-state index contributed by atoms with van der Waals surface area (Å²) in [6.07, 6.45) is 5.17. The second-order valence-corrected chi connectivity index (χ2v) is 6.45. The Kier molecular flexibility index (Phi) is 5.62. The quantitative estimate of drug-likeness (QED) is 0.259. The number of Topliss-reactive ketones (excluding diaryl/α,β-unsaturated/α-hetero) is 1. The largest absolute Gasteiger partial charge is 0.372 e. The number of hydrogen-bond acceptors (Lipinski definition) is 5. The van der Waals surface area contributed by atoms with E-state index < -0.39 is 10.7 Å². The second kappa shape index (κ2) is 8.28. The number of nitro benzene ring substituents is 1. The third-order valence-corrected chi connectivity index (χ3v) is 4.61. The number of anilines is 1. The molecule has 2 aromatic carbocycles. The smallest absolute Gasteiger partial charge is 0.270 e. The Morgan fingerprint density at radius 2 is 1.81 bits per heavy atom. The summed E-state index contributed by atoms with van der Waals surface area (Å²) >= 11 is 0. The molecule has 1 fully saturated rings. The molecule has 3 rings (SSSR count). The predicted molar refractivity (Wildman–Crippen MR) is 104 cm³/mol. The summed E-state index contributed by atoms with van der Waals surface area (Å²) in [6, 6.07) is 15.1. The van der Waals surface area contributed by atoms with Gasteiger partial charge in [-0.2, -0.15) is 5.26 Å². The van der Waals surface area contributed by atoms with Crippen molar-refractivity contribution >= 4 is 23.2 Å². The lowest BCUT2D eigenvalue weighted by molar-refractivity contribution is -0.384. The van der Waals surface area contributed by atoms with Crippen LogP contribution in [0.1, 0.15) is 35.2 Å². The third-order valence-electron chi connectivity index (χ3n) is 4.61. The van der Waals surface area contributed by atoms with Crippen LogP contribution >= 0.6 is 0 Å². The number of nitrogens with zero attached hydrogens (tertiary/aromatic N) is 3. The molecule has 1 aliphatic heterocycles. The van der Waals surface area contributed by atoms with Crippen molar-refractivity contribution in [2.75, 3.05) is 18.0 Å². The van der Waals surface area contributed by atoms with Gasteiger partial charge in [0.1, 0.15) is 11.6 Å². The second-order valence-electron chi connectivity index (χ2n) is 6.45. The molecular weight excluding hydrogens is 342 g/mol. The van der Waals surface area contributed by atoms with Crippen molar-refractivity contribution in [3.05, 3.63) is 75.3 Å². The fourth-order valence-electron chi connectivity index (χ4n) is 3.16. The maximum atomic E-state index is 12.5. The average Bonchev–Trinajstić information content (AvgIpc) is 2.72. The first-order chi connectivity index (χ1) is 13.1. The Balaban J connectivity index is 1.81. The van der Waals surface area contributed by atoms with Gasteiger partial charge in [-0.1, -0.05) is 24.3 Å². The molecule has 0 aromatic heterocycles. The first-order valence-electron chi connectivity index (χ1n) is 8.84. The van der Waals surface area contributed by atoms with E-state index in [1.165, 1.54) is 49.6 Å². The Labute approximate surface area is 157 Å². The van der Waals surface area contributed by atoms with Crippen LogP contribution in [0.4, 0.5) is 11.4 Å². The number of nitriles is 1. The van der Waals surface area contributed by atoms with Crippen LogP contribution in [-0.2, 0) is 0 Å². The van der Waals surface area contributed by atoms with Gasteiger partial charge in [0.15, 0.2) is 0 Å². The van der Waals surface area contributed by atoms with Crippen molar-refractivity contribution in [3.63, 3.8) is 0 Å². The standard InChI is InChI=1S/C21H19N3O3/c22-15-18(21(25)17-5-4-6-20(14-17)24(26)27)13-16-7-9-19(10-8-16)23-11-2-1-3-12-23/h4-10,13-14H,1-3,11-12H2/b18-13-. The highest BCUT2D eigenvalue weighted by Crippen LogP contribution is 2.22. The first-order valence-corrected chi connectivity index (χ1v) is 8.84. The number of carbonyl (C=O) groups excluding carboxylic acids is 1. The van der Waals surface area contributed by atoms with E-state index in [-0.39, 0.29) is 16.8 Å². The normalized spacial score (nSPS) is 14.5. The van der Waals surface area contributed by atoms with Crippen LogP contribution in [0.15, 0.2) is 54.1 Å². The summed E-state index contributed by atoms with van der Waals surface area (Å²) in [6.45, 7) is 2.09. The molecule has 0 radical (unpaired) electrons. The molecule has 1 aliphatic rings. The molecule has 6 heteroatoms. The fraction of sp³-hybridized carbons (Fsp3) is 0.238. The molecule has 0 atom stereocenters. The number of ketones is 1. The molecule has 0 unspecified atom stereocenters. The molecule has 1 saturated heterocycles.